The van der Waals surface area contributed by atoms with E-state index in [2.05, 4.69) is 5.32 Å². The van der Waals surface area contributed by atoms with Crippen LogP contribution in [0.15, 0.2) is 29.2 Å². The molecular weight excluding hydrogens is 300 g/mol. The Balaban J connectivity index is 2.14. The van der Waals surface area contributed by atoms with Crippen molar-refractivity contribution in [3.05, 3.63) is 29.3 Å². The van der Waals surface area contributed by atoms with E-state index >= 15 is 0 Å². The summed E-state index contributed by atoms with van der Waals surface area (Å²) in [5.41, 5.74) is 0. The Hall–Kier alpha value is -1.11. The lowest BCUT2D eigenvalue weighted by molar-refractivity contribution is -0.125. The van der Waals surface area contributed by atoms with Crippen molar-refractivity contribution >= 4 is 27.5 Å². The average Bonchev–Trinajstić information content (AvgIpc) is 2.47. The van der Waals surface area contributed by atoms with Crippen molar-refractivity contribution < 1.29 is 13.2 Å². The standard InChI is InChI=1S/C13H17ClN2O3S/c1-15-13(17)10-6-8-16(9-7-10)20(18,19)12-5-3-2-4-11(12)14/h2-5,10H,6-9H2,1H3,(H,15,17). The number of sulfonamides is 1. The minimum atomic E-state index is -3.58. The van der Waals surface area contributed by atoms with Crippen molar-refractivity contribution in [1.29, 1.82) is 0 Å². The highest BCUT2D eigenvalue weighted by Crippen LogP contribution is 2.27. The van der Waals surface area contributed by atoms with Gasteiger partial charge in [0.15, 0.2) is 0 Å². The Bertz CT molecular complexity index is 595. The number of amides is 1. The van der Waals surface area contributed by atoms with E-state index in [0.717, 1.165) is 0 Å². The molecule has 0 atom stereocenters. The molecule has 0 saturated carbocycles. The number of nitrogens with one attached hydrogen (secondary N) is 1. The molecule has 1 aliphatic heterocycles. The summed E-state index contributed by atoms with van der Waals surface area (Å²) in [6.07, 6.45) is 1.06. The van der Waals surface area contributed by atoms with Gasteiger partial charge in [-0.15, -0.1) is 0 Å². The molecule has 0 bridgehead atoms. The quantitative estimate of drug-likeness (QED) is 0.918. The Morgan fingerprint density at radius 3 is 2.45 bits per heavy atom. The SMILES string of the molecule is CNC(=O)C1CCN(S(=O)(=O)c2ccccc2Cl)CC1. The zero-order valence-corrected chi connectivity index (χ0v) is 12.7. The molecule has 1 aromatic carbocycles. The zero-order chi connectivity index (χ0) is 14.8. The van der Waals surface area contributed by atoms with E-state index < -0.39 is 10.0 Å². The fourth-order valence-electron chi connectivity index (χ4n) is 2.36. The third kappa shape index (κ3) is 2.97. The summed E-state index contributed by atoms with van der Waals surface area (Å²) in [6, 6.07) is 6.41. The smallest absolute Gasteiger partial charge is 0.244 e. The number of hydrogen-bond acceptors (Lipinski definition) is 3. The number of benzene rings is 1. The molecule has 0 unspecified atom stereocenters. The van der Waals surface area contributed by atoms with Crippen LogP contribution in [0.25, 0.3) is 0 Å². The van der Waals surface area contributed by atoms with Gasteiger partial charge < -0.3 is 5.32 Å². The number of rotatable bonds is 3. The Morgan fingerprint density at radius 2 is 1.90 bits per heavy atom. The molecule has 2 rings (SSSR count). The number of hydrogen-bond donors (Lipinski definition) is 1. The van der Waals surface area contributed by atoms with E-state index in [1.807, 2.05) is 0 Å². The lowest BCUT2D eigenvalue weighted by atomic mass is 9.97. The Kier molecular flexibility index (Phi) is 4.67. The third-order valence-electron chi connectivity index (χ3n) is 3.53. The fourth-order valence-corrected chi connectivity index (χ4v) is 4.32. The van der Waals surface area contributed by atoms with E-state index in [0.29, 0.717) is 25.9 Å². The molecule has 20 heavy (non-hydrogen) atoms. The molecule has 1 fully saturated rings. The van der Waals surface area contributed by atoms with Gasteiger partial charge in [0.2, 0.25) is 15.9 Å². The first kappa shape index (κ1) is 15.3. The highest BCUT2D eigenvalue weighted by atomic mass is 35.5. The molecule has 1 amide bonds. The molecule has 0 aromatic heterocycles. The minimum absolute atomic E-state index is 0.0280. The van der Waals surface area contributed by atoms with E-state index in [4.69, 9.17) is 11.6 Å². The maximum atomic E-state index is 12.5. The maximum absolute atomic E-state index is 12.5. The predicted molar refractivity (Wildman–Crippen MR) is 77.0 cm³/mol. The van der Waals surface area contributed by atoms with Crippen LogP contribution < -0.4 is 5.32 Å². The maximum Gasteiger partial charge on any atom is 0.244 e. The molecular formula is C13H17ClN2O3S. The second-order valence-electron chi connectivity index (χ2n) is 4.72. The monoisotopic (exact) mass is 316 g/mol. The molecule has 1 N–H and O–H groups in total. The summed E-state index contributed by atoms with van der Waals surface area (Å²) in [7, 11) is -1.99. The van der Waals surface area contributed by atoms with E-state index in [-0.39, 0.29) is 21.7 Å². The van der Waals surface area contributed by atoms with E-state index in [9.17, 15) is 13.2 Å². The summed E-state index contributed by atoms with van der Waals surface area (Å²) in [4.78, 5) is 11.7. The molecule has 1 aromatic rings. The first-order valence-corrected chi connectivity index (χ1v) is 8.25. The minimum Gasteiger partial charge on any atom is -0.359 e. The molecule has 110 valence electrons. The van der Waals surface area contributed by atoms with Crippen LogP contribution >= 0.6 is 11.6 Å². The highest BCUT2D eigenvalue weighted by molar-refractivity contribution is 7.89. The van der Waals surface area contributed by atoms with Gasteiger partial charge in [-0.2, -0.15) is 4.31 Å². The van der Waals surface area contributed by atoms with Gasteiger partial charge >= 0.3 is 0 Å². The van der Waals surface area contributed by atoms with Crippen LogP contribution in [-0.4, -0.2) is 38.8 Å². The number of carbonyl (C=O) groups excluding carboxylic acids is 1. The van der Waals surface area contributed by atoms with Crippen molar-refractivity contribution in [3.63, 3.8) is 0 Å². The Labute approximate surface area is 124 Å². The molecule has 1 aliphatic rings. The summed E-state index contributed by atoms with van der Waals surface area (Å²) < 4.78 is 26.4. The van der Waals surface area contributed by atoms with Gasteiger partial charge in [-0.3, -0.25) is 4.79 Å². The van der Waals surface area contributed by atoms with Gasteiger partial charge in [0.25, 0.3) is 0 Å². The second-order valence-corrected chi connectivity index (χ2v) is 7.04. The van der Waals surface area contributed by atoms with E-state index in [1.165, 1.54) is 10.4 Å². The highest BCUT2D eigenvalue weighted by Gasteiger charge is 2.32. The van der Waals surface area contributed by atoms with Gasteiger partial charge in [0.1, 0.15) is 4.90 Å². The van der Waals surface area contributed by atoms with Crippen LogP contribution in [0.5, 0.6) is 0 Å². The first-order valence-electron chi connectivity index (χ1n) is 6.43. The average molecular weight is 317 g/mol. The van der Waals surface area contributed by atoms with Crippen molar-refractivity contribution in [2.75, 3.05) is 20.1 Å². The summed E-state index contributed by atoms with van der Waals surface area (Å²) in [5, 5.41) is 2.82. The van der Waals surface area contributed by atoms with Gasteiger partial charge in [-0.25, -0.2) is 8.42 Å². The predicted octanol–water partition coefficient (Wildman–Crippen LogP) is 1.49. The first-order chi connectivity index (χ1) is 9.46. The van der Waals surface area contributed by atoms with Crippen LogP contribution in [0.3, 0.4) is 0 Å². The van der Waals surface area contributed by atoms with Gasteiger partial charge in [0, 0.05) is 26.1 Å². The van der Waals surface area contributed by atoms with Crippen LogP contribution in [0.1, 0.15) is 12.8 Å². The third-order valence-corrected chi connectivity index (χ3v) is 5.92. The number of halogens is 1. The van der Waals surface area contributed by atoms with Crippen molar-refractivity contribution in [2.24, 2.45) is 5.92 Å². The normalized spacial score (nSPS) is 17.9. The van der Waals surface area contributed by atoms with Gasteiger partial charge in [0.05, 0.1) is 5.02 Å². The van der Waals surface area contributed by atoms with E-state index in [1.54, 1.807) is 25.2 Å². The van der Waals surface area contributed by atoms with Crippen molar-refractivity contribution in [1.82, 2.24) is 9.62 Å². The summed E-state index contributed by atoms with van der Waals surface area (Å²) >= 11 is 5.96. The van der Waals surface area contributed by atoms with Crippen LogP contribution in [0.4, 0.5) is 0 Å². The molecule has 1 heterocycles. The lowest BCUT2D eigenvalue weighted by Crippen LogP contribution is -2.42. The van der Waals surface area contributed by atoms with Crippen LogP contribution in [-0.2, 0) is 14.8 Å². The lowest BCUT2D eigenvalue weighted by Gasteiger charge is -2.30. The topological polar surface area (TPSA) is 66.5 Å². The fraction of sp³-hybridized carbons (Fsp3) is 0.462. The molecule has 0 spiro atoms. The molecule has 7 heteroatoms. The number of piperidine rings is 1. The molecule has 5 nitrogen and oxygen atoms in total. The van der Waals surface area contributed by atoms with Crippen LogP contribution in [0.2, 0.25) is 5.02 Å². The van der Waals surface area contributed by atoms with Gasteiger partial charge in [-0.05, 0) is 25.0 Å². The number of nitrogens with zero attached hydrogens (tertiary/aromatic N) is 1. The molecule has 0 aliphatic carbocycles. The molecule has 0 radical (unpaired) electrons. The summed E-state index contributed by atoms with van der Waals surface area (Å²) in [5.74, 6) is -0.141. The molecule has 1 saturated heterocycles. The number of carbonyl (C=O) groups is 1. The summed E-state index contributed by atoms with van der Waals surface area (Å²) in [6.45, 7) is 0.678. The van der Waals surface area contributed by atoms with Gasteiger partial charge in [-0.1, -0.05) is 23.7 Å². The van der Waals surface area contributed by atoms with Crippen molar-refractivity contribution in [2.45, 2.75) is 17.7 Å². The second kappa shape index (κ2) is 6.11. The van der Waals surface area contributed by atoms with Crippen LogP contribution in [0, 0.1) is 5.92 Å². The van der Waals surface area contributed by atoms with Crippen molar-refractivity contribution in [3.8, 4) is 0 Å². The largest absolute Gasteiger partial charge is 0.359 e. The zero-order valence-electron chi connectivity index (χ0n) is 11.2. The Morgan fingerprint density at radius 1 is 1.30 bits per heavy atom.